The first-order chi connectivity index (χ1) is 9.13. The van der Waals surface area contributed by atoms with Crippen molar-refractivity contribution >= 4 is 5.69 Å². The summed E-state index contributed by atoms with van der Waals surface area (Å²) in [5.41, 5.74) is 3.92. The molecule has 2 rings (SSSR count). The highest BCUT2D eigenvalue weighted by atomic mass is 15.2. The van der Waals surface area contributed by atoms with Crippen LogP contribution in [0, 0.1) is 31.1 Å². The minimum Gasteiger partial charge on any atom is -0.365 e. The molecule has 0 aliphatic carbocycles. The Balaban J connectivity index is 2.38. The second-order valence-electron chi connectivity index (χ2n) is 5.67. The largest absolute Gasteiger partial charge is 0.365 e. The monoisotopic (exact) mass is 257 g/mol. The molecule has 2 atom stereocenters. The molecule has 1 aliphatic rings. The summed E-state index contributed by atoms with van der Waals surface area (Å²) in [7, 11) is 0. The van der Waals surface area contributed by atoms with Gasteiger partial charge in [-0.2, -0.15) is 5.26 Å². The average Bonchev–Trinajstić information content (AvgIpc) is 2.52. The van der Waals surface area contributed by atoms with Gasteiger partial charge in [-0.3, -0.25) is 0 Å². The van der Waals surface area contributed by atoms with E-state index in [1.165, 1.54) is 16.8 Å². The third-order valence-electron chi connectivity index (χ3n) is 3.88. The molecule has 1 heterocycles. The van der Waals surface area contributed by atoms with Crippen molar-refractivity contribution in [3.8, 4) is 6.07 Å². The topological polar surface area (TPSA) is 39.1 Å². The van der Waals surface area contributed by atoms with Crippen LogP contribution in [-0.2, 0) is 0 Å². The zero-order valence-corrected chi connectivity index (χ0v) is 12.1. The number of anilines is 1. The average molecular weight is 257 g/mol. The van der Waals surface area contributed by atoms with Gasteiger partial charge in [0.25, 0.3) is 0 Å². The summed E-state index contributed by atoms with van der Waals surface area (Å²) in [5.74, 6) is 0.600. The van der Waals surface area contributed by atoms with Gasteiger partial charge < -0.3 is 10.2 Å². The standard InChI is InChI=1S/C16H23N3/c1-12-9-18-10-15(7-8-17)19(11-12)16-13(2)5-4-6-14(16)3/h4-6,12,15,18H,7,9-11H2,1-3H3. The molecule has 0 amide bonds. The normalized spacial score (nSPS) is 23.8. The molecule has 0 spiro atoms. The highest BCUT2D eigenvalue weighted by Gasteiger charge is 2.25. The van der Waals surface area contributed by atoms with E-state index in [9.17, 15) is 0 Å². The number of nitrogens with one attached hydrogen (secondary N) is 1. The van der Waals surface area contributed by atoms with Gasteiger partial charge in [0, 0.05) is 18.8 Å². The minimum atomic E-state index is 0.273. The zero-order chi connectivity index (χ0) is 13.8. The molecule has 3 heteroatoms. The number of benzene rings is 1. The molecule has 102 valence electrons. The van der Waals surface area contributed by atoms with Crippen LogP contribution in [0.3, 0.4) is 0 Å². The zero-order valence-electron chi connectivity index (χ0n) is 12.1. The predicted molar refractivity (Wildman–Crippen MR) is 79.3 cm³/mol. The Morgan fingerprint density at radius 1 is 1.32 bits per heavy atom. The smallest absolute Gasteiger partial charge is 0.0643 e. The van der Waals surface area contributed by atoms with Gasteiger partial charge in [-0.15, -0.1) is 0 Å². The van der Waals surface area contributed by atoms with Gasteiger partial charge >= 0.3 is 0 Å². The minimum absolute atomic E-state index is 0.273. The lowest BCUT2D eigenvalue weighted by Gasteiger charge is -2.34. The van der Waals surface area contributed by atoms with Gasteiger partial charge in [-0.25, -0.2) is 0 Å². The van der Waals surface area contributed by atoms with Gasteiger partial charge in [0.15, 0.2) is 0 Å². The first-order valence-electron chi connectivity index (χ1n) is 7.04. The van der Waals surface area contributed by atoms with E-state index in [1.807, 2.05) is 0 Å². The Morgan fingerprint density at radius 2 is 2.00 bits per heavy atom. The van der Waals surface area contributed by atoms with E-state index in [4.69, 9.17) is 5.26 Å². The number of rotatable bonds is 2. The van der Waals surface area contributed by atoms with Crippen molar-refractivity contribution in [2.24, 2.45) is 5.92 Å². The Kier molecular flexibility index (Phi) is 4.44. The molecule has 0 aromatic heterocycles. The number of para-hydroxylation sites is 1. The van der Waals surface area contributed by atoms with Crippen LogP contribution in [0.4, 0.5) is 5.69 Å². The van der Waals surface area contributed by atoms with Crippen molar-refractivity contribution in [2.45, 2.75) is 33.2 Å². The molecular weight excluding hydrogens is 234 g/mol. The molecule has 19 heavy (non-hydrogen) atoms. The lowest BCUT2D eigenvalue weighted by Crippen LogP contribution is -2.40. The lowest BCUT2D eigenvalue weighted by atomic mass is 10.0. The number of nitrogens with zero attached hydrogens (tertiary/aromatic N) is 2. The van der Waals surface area contributed by atoms with Crippen LogP contribution in [0.25, 0.3) is 0 Å². The van der Waals surface area contributed by atoms with E-state index >= 15 is 0 Å². The molecule has 1 aromatic carbocycles. The van der Waals surface area contributed by atoms with Gasteiger partial charge in [0.1, 0.15) is 0 Å². The Labute approximate surface area is 116 Å². The van der Waals surface area contributed by atoms with Crippen LogP contribution in [0.1, 0.15) is 24.5 Å². The maximum Gasteiger partial charge on any atom is 0.0643 e. The maximum atomic E-state index is 9.08. The van der Waals surface area contributed by atoms with Crippen molar-refractivity contribution in [1.82, 2.24) is 5.32 Å². The first-order valence-corrected chi connectivity index (χ1v) is 7.04. The van der Waals surface area contributed by atoms with Crippen LogP contribution < -0.4 is 10.2 Å². The second-order valence-corrected chi connectivity index (χ2v) is 5.67. The van der Waals surface area contributed by atoms with E-state index in [1.54, 1.807) is 0 Å². The number of aryl methyl sites for hydroxylation is 2. The van der Waals surface area contributed by atoms with Crippen LogP contribution in [0.15, 0.2) is 18.2 Å². The first kappa shape index (κ1) is 13.9. The maximum absolute atomic E-state index is 9.08. The third-order valence-corrected chi connectivity index (χ3v) is 3.88. The summed E-state index contributed by atoms with van der Waals surface area (Å²) >= 11 is 0. The molecule has 1 fully saturated rings. The number of nitriles is 1. The lowest BCUT2D eigenvalue weighted by molar-refractivity contribution is 0.563. The molecule has 1 aliphatic heterocycles. The van der Waals surface area contributed by atoms with Gasteiger partial charge in [-0.05, 0) is 37.4 Å². The second kappa shape index (κ2) is 6.08. The Hall–Kier alpha value is -1.53. The number of hydrogen-bond acceptors (Lipinski definition) is 3. The van der Waals surface area contributed by atoms with E-state index in [2.05, 4.69) is 55.3 Å². The molecule has 1 saturated heterocycles. The quantitative estimate of drug-likeness (QED) is 0.885. The molecule has 0 bridgehead atoms. The molecular formula is C16H23N3. The molecule has 0 saturated carbocycles. The van der Waals surface area contributed by atoms with Crippen molar-refractivity contribution in [3.63, 3.8) is 0 Å². The summed E-state index contributed by atoms with van der Waals surface area (Å²) in [6, 6.07) is 9.04. The van der Waals surface area contributed by atoms with Crippen molar-refractivity contribution in [2.75, 3.05) is 24.5 Å². The van der Waals surface area contributed by atoms with Gasteiger partial charge in [0.2, 0.25) is 0 Å². The number of hydrogen-bond donors (Lipinski definition) is 1. The summed E-state index contributed by atoms with van der Waals surface area (Å²) in [5, 5.41) is 12.6. The SMILES string of the molecule is Cc1cccc(C)c1N1CC(C)CNCC1CC#N. The highest BCUT2D eigenvalue weighted by molar-refractivity contribution is 5.60. The molecule has 3 nitrogen and oxygen atoms in total. The van der Waals surface area contributed by atoms with Crippen molar-refractivity contribution in [3.05, 3.63) is 29.3 Å². The fraction of sp³-hybridized carbons (Fsp3) is 0.562. The highest BCUT2D eigenvalue weighted by Crippen LogP contribution is 2.28. The fourth-order valence-electron chi connectivity index (χ4n) is 2.98. The Bertz CT molecular complexity index is 455. The summed E-state index contributed by atoms with van der Waals surface area (Å²) < 4.78 is 0. The van der Waals surface area contributed by atoms with E-state index < -0.39 is 0 Å². The van der Waals surface area contributed by atoms with Crippen LogP contribution in [0.5, 0.6) is 0 Å². The molecule has 2 unspecified atom stereocenters. The fourth-order valence-corrected chi connectivity index (χ4v) is 2.98. The Morgan fingerprint density at radius 3 is 2.63 bits per heavy atom. The molecule has 1 aromatic rings. The summed E-state index contributed by atoms with van der Waals surface area (Å²) in [6.07, 6.45) is 0.577. The third kappa shape index (κ3) is 3.08. The van der Waals surface area contributed by atoms with Gasteiger partial charge in [-0.1, -0.05) is 25.1 Å². The summed E-state index contributed by atoms with van der Waals surface area (Å²) in [6.45, 7) is 9.53. The van der Waals surface area contributed by atoms with Crippen LogP contribution in [-0.4, -0.2) is 25.7 Å². The molecule has 1 N–H and O–H groups in total. The van der Waals surface area contributed by atoms with Crippen molar-refractivity contribution < 1.29 is 0 Å². The van der Waals surface area contributed by atoms with E-state index in [-0.39, 0.29) is 6.04 Å². The van der Waals surface area contributed by atoms with Crippen LogP contribution in [0.2, 0.25) is 0 Å². The van der Waals surface area contributed by atoms with Crippen molar-refractivity contribution in [1.29, 1.82) is 5.26 Å². The molecule has 0 radical (unpaired) electrons. The predicted octanol–water partition coefficient (Wildman–Crippen LogP) is 2.63. The van der Waals surface area contributed by atoms with E-state index in [0.717, 1.165) is 19.6 Å². The van der Waals surface area contributed by atoms with Gasteiger partial charge in [0.05, 0.1) is 18.5 Å². The summed E-state index contributed by atoms with van der Waals surface area (Å²) in [4.78, 5) is 2.44. The van der Waals surface area contributed by atoms with E-state index in [0.29, 0.717) is 12.3 Å². The van der Waals surface area contributed by atoms with Crippen LogP contribution >= 0.6 is 0 Å².